The van der Waals surface area contributed by atoms with Crippen LogP contribution in [0.1, 0.15) is 37.8 Å². The average Bonchev–Trinajstić information content (AvgIpc) is 2.38. The molecular weight excluding hydrogens is 244 g/mol. The average molecular weight is 264 g/mol. The Labute approximate surface area is 112 Å². The number of aliphatic carboxylic acids is 1. The van der Waals surface area contributed by atoms with Crippen molar-refractivity contribution < 1.29 is 9.90 Å². The van der Waals surface area contributed by atoms with E-state index in [1.165, 1.54) is 6.42 Å². The van der Waals surface area contributed by atoms with Gasteiger partial charge in [-0.3, -0.25) is 4.79 Å². The lowest BCUT2D eigenvalue weighted by atomic mass is 10.0. The number of piperidine rings is 1. The molecule has 6 heteroatoms. The normalized spacial score (nSPS) is 21.2. The van der Waals surface area contributed by atoms with E-state index in [-0.39, 0.29) is 6.42 Å². The zero-order valence-electron chi connectivity index (χ0n) is 11.1. The van der Waals surface area contributed by atoms with Gasteiger partial charge in [0.25, 0.3) is 0 Å². The predicted octanol–water partition coefficient (Wildman–Crippen LogP) is 1.19. The summed E-state index contributed by atoms with van der Waals surface area (Å²) in [7, 11) is 0. The fourth-order valence-electron chi connectivity index (χ4n) is 2.36. The number of aromatic nitrogens is 2. The fourth-order valence-corrected chi connectivity index (χ4v) is 2.36. The van der Waals surface area contributed by atoms with Crippen LogP contribution in [0.4, 0.5) is 5.95 Å². The van der Waals surface area contributed by atoms with Crippen LogP contribution in [0.5, 0.6) is 0 Å². The first-order valence-corrected chi connectivity index (χ1v) is 6.60. The van der Waals surface area contributed by atoms with E-state index in [0.29, 0.717) is 17.4 Å². The van der Waals surface area contributed by atoms with E-state index in [1.807, 2.05) is 0 Å². The van der Waals surface area contributed by atoms with Crippen LogP contribution < -0.4 is 10.6 Å². The fraction of sp³-hybridized carbons (Fsp3) is 0.615. The van der Waals surface area contributed by atoms with Crippen molar-refractivity contribution >= 4 is 11.9 Å². The largest absolute Gasteiger partial charge is 0.481 e. The topological polar surface area (TPSA) is 92.3 Å². The van der Waals surface area contributed by atoms with Crippen LogP contribution in [-0.4, -0.2) is 34.1 Å². The molecule has 0 radical (unpaired) electrons. The van der Waals surface area contributed by atoms with Crippen molar-refractivity contribution in [3.05, 3.63) is 18.0 Å². The lowest BCUT2D eigenvalue weighted by Crippen LogP contribution is -2.35. The van der Waals surface area contributed by atoms with E-state index < -0.39 is 12.0 Å². The third-order valence-electron chi connectivity index (χ3n) is 3.42. The summed E-state index contributed by atoms with van der Waals surface area (Å²) in [6.45, 7) is 4.18. The molecule has 1 aliphatic rings. The molecule has 2 rings (SSSR count). The van der Waals surface area contributed by atoms with Crippen molar-refractivity contribution in [3.63, 3.8) is 0 Å². The number of anilines is 1. The number of carbonyl (C=O) groups is 1. The monoisotopic (exact) mass is 264 g/mol. The molecule has 19 heavy (non-hydrogen) atoms. The molecular formula is C13H20N4O2. The molecule has 2 atom stereocenters. The quantitative estimate of drug-likeness (QED) is 0.848. The van der Waals surface area contributed by atoms with Gasteiger partial charge in [0.1, 0.15) is 0 Å². The third kappa shape index (κ3) is 3.64. The summed E-state index contributed by atoms with van der Waals surface area (Å²) in [5, 5.41) is 8.70. The van der Waals surface area contributed by atoms with Gasteiger partial charge in [0.15, 0.2) is 0 Å². The molecule has 1 aromatic rings. The minimum Gasteiger partial charge on any atom is -0.481 e. The summed E-state index contributed by atoms with van der Waals surface area (Å²) < 4.78 is 0. The first kappa shape index (κ1) is 13.7. The molecule has 1 aromatic heterocycles. The first-order valence-electron chi connectivity index (χ1n) is 6.60. The van der Waals surface area contributed by atoms with E-state index in [0.717, 1.165) is 19.5 Å². The molecule has 104 valence electrons. The second kappa shape index (κ2) is 5.97. The van der Waals surface area contributed by atoms with Gasteiger partial charge < -0.3 is 15.7 Å². The van der Waals surface area contributed by atoms with Gasteiger partial charge in [-0.05, 0) is 18.8 Å². The Morgan fingerprint density at radius 3 is 2.84 bits per heavy atom. The van der Waals surface area contributed by atoms with Crippen molar-refractivity contribution in [2.45, 2.75) is 32.2 Å². The maximum absolute atomic E-state index is 10.6. The molecule has 1 fully saturated rings. The van der Waals surface area contributed by atoms with Gasteiger partial charge in [-0.25, -0.2) is 9.97 Å². The molecule has 0 aliphatic carbocycles. The Morgan fingerprint density at radius 2 is 2.26 bits per heavy atom. The SMILES string of the molecule is C[C@H]1CCCN(c2ncc([C@H](N)CC(=O)O)cn2)C1. The van der Waals surface area contributed by atoms with Gasteiger partial charge in [0.2, 0.25) is 5.95 Å². The van der Waals surface area contributed by atoms with E-state index in [4.69, 9.17) is 10.8 Å². The molecule has 3 N–H and O–H groups in total. The lowest BCUT2D eigenvalue weighted by molar-refractivity contribution is -0.137. The van der Waals surface area contributed by atoms with E-state index in [9.17, 15) is 4.79 Å². The van der Waals surface area contributed by atoms with Gasteiger partial charge >= 0.3 is 5.97 Å². The maximum Gasteiger partial charge on any atom is 0.305 e. The van der Waals surface area contributed by atoms with Crippen LogP contribution in [0, 0.1) is 5.92 Å². The van der Waals surface area contributed by atoms with Crippen molar-refractivity contribution in [3.8, 4) is 0 Å². The highest BCUT2D eigenvalue weighted by Crippen LogP contribution is 2.20. The van der Waals surface area contributed by atoms with Crippen molar-refractivity contribution in [1.82, 2.24) is 9.97 Å². The Morgan fingerprint density at radius 1 is 1.58 bits per heavy atom. The number of hydrogen-bond acceptors (Lipinski definition) is 5. The van der Waals surface area contributed by atoms with Crippen LogP contribution >= 0.6 is 0 Å². The van der Waals surface area contributed by atoms with Crippen molar-refractivity contribution in [2.75, 3.05) is 18.0 Å². The Kier molecular flexibility index (Phi) is 4.31. The number of carboxylic acid groups (broad SMARTS) is 1. The number of nitrogens with two attached hydrogens (primary N) is 1. The van der Waals surface area contributed by atoms with Crippen LogP contribution in [0.3, 0.4) is 0 Å². The number of carboxylic acids is 1. The number of hydrogen-bond donors (Lipinski definition) is 2. The Bertz CT molecular complexity index is 435. The summed E-state index contributed by atoms with van der Waals surface area (Å²) in [5.74, 6) is 0.450. The van der Waals surface area contributed by atoms with Crippen LogP contribution in [-0.2, 0) is 4.79 Å². The van der Waals surface area contributed by atoms with Gasteiger partial charge in [-0.15, -0.1) is 0 Å². The second-order valence-electron chi connectivity index (χ2n) is 5.21. The highest BCUT2D eigenvalue weighted by atomic mass is 16.4. The Hall–Kier alpha value is -1.69. The molecule has 0 aromatic carbocycles. The Balaban J connectivity index is 2.03. The standard InChI is InChI=1S/C13H20N4O2/c1-9-3-2-4-17(8-9)13-15-6-10(7-16-13)11(14)5-12(18)19/h6-7,9,11H,2-5,8,14H2,1H3,(H,18,19)/t9-,11+/m0/s1. The molecule has 6 nitrogen and oxygen atoms in total. The molecule has 1 saturated heterocycles. The maximum atomic E-state index is 10.6. The summed E-state index contributed by atoms with van der Waals surface area (Å²) in [5.41, 5.74) is 6.44. The summed E-state index contributed by atoms with van der Waals surface area (Å²) >= 11 is 0. The molecule has 0 bridgehead atoms. The lowest BCUT2D eigenvalue weighted by Gasteiger charge is -2.30. The summed E-state index contributed by atoms with van der Waals surface area (Å²) in [6, 6.07) is -0.549. The van der Waals surface area contributed by atoms with E-state index >= 15 is 0 Å². The van der Waals surface area contributed by atoms with Gasteiger partial charge in [0, 0.05) is 37.1 Å². The second-order valence-corrected chi connectivity index (χ2v) is 5.21. The zero-order chi connectivity index (χ0) is 13.8. The third-order valence-corrected chi connectivity index (χ3v) is 3.42. The first-order chi connectivity index (χ1) is 9.06. The van der Waals surface area contributed by atoms with E-state index in [2.05, 4.69) is 21.8 Å². The number of nitrogens with zero attached hydrogens (tertiary/aromatic N) is 3. The molecule has 0 amide bonds. The highest BCUT2D eigenvalue weighted by Gasteiger charge is 2.19. The van der Waals surface area contributed by atoms with Gasteiger partial charge in [-0.1, -0.05) is 6.92 Å². The smallest absolute Gasteiger partial charge is 0.305 e. The molecule has 0 saturated carbocycles. The number of rotatable bonds is 4. The predicted molar refractivity (Wildman–Crippen MR) is 71.8 cm³/mol. The highest BCUT2D eigenvalue weighted by molar-refractivity contribution is 5.67. The van der Waals surface area contributed by atoms with Gasteiger partial charge in [-0.2, -0.15) is 0 Å². The molecule has 1 aliphatic heterocycles. The summed E-state index contributed by atoms with van der Waals surface area (Å²) in [4.78, 5) is 21.4. The van der Waals surface area contributed by atoms with Crippen molar-refractivity contribution in [1.29, 1.82) is 0 Å². The molecule has 0 spiro atoms. The van der Waals surface area contributed by atoms with Crippen LogP contribution in [0.25, 0.3) is 0 Å². The van der Waals surface area contributed by atoms with Gasteiger partial charge in [0.05, 0.1) is 6.42 Å². The molecule has 0 unspecified atom stereocenters. The summed E-state index contributed by atoms with van der Waals surface area (Å²) in [6.07, 6.45) is 5.57. The van der Waals surface area contributed by atoms with E-state index in [1.54, 1.807) is 12.4 Å². The minimum absolute atomic E-state index is 0.108. The van der Waals surface area contributed by atoms with Crippen molar-refractivity contribution in [2.24, 2.45) is 11.7 Å². The minimum atomic E-state index is -0.915. The zero-order valence-corrected chi connectivity index (χ0v) is 11.1. The van der Waals surface area contributed by atoms with Crippen LogP contribution in [0.15, 0.2) is 12.4 Å². The van der Waals surface area contributed by atoms with Crippen LogP contribution in [0.2, 0.25) is 0 Å². The molecule has 2 heterocycles.